The Kier molecular flexibility index (Phi) is 1.63. The van der Waals surface area contributed by atoms with Crippen LogP contribution in [0.25, 0.3) is 0 Å². The predicted octanol–water partition coefficient (Wildman–Crippen LogP) is 1.51. The number of nitrogens with zero attached hydrogens (tertiary/aromatic N) is 1. The molecule has 1 aromatic rings. The van der Waals surface area contributed by atoms with E-state index in [2.05, 4.69) is 0 Å². The van der Waals surface area contributed by atoms with Gasteiger partial charge < -0.3 is 5.21 Å². The zero-order valence-electron chi connectivity index (χ0n) is 7.78. The van der Waals surface area contributed by atoms with Crippen molar-refractivity contribution in [3.05, 3.63) is 35.9 Å². The molecule has 1 aromatic carbocycles. The molecule has 0 heterocycles. The Morgan fingerprint density at radius 3 is 2.60 bits per heavy atom. The molecule has 0 atom stereocenters. The smallest absolute Gasteiger partial charge is 0.0506 e. The van der Waals surface area contributed by atoms with E-state index in [1.165, 1.54) is 7.05 Å². The summed E-state index contributed by atoms with van der Waals surface area (Å²) in [6, 6.07) is 8.53. The Bertz CT molecular complexity index is 248. The molecule has 54 valence electrons. The van der Waals surface area contributed by atoms with Crippen molar-refractivity contribution < 1.29 is 7.95 Å². The maximum atomic E-state index is 8.99. The average Bonchev–Trinajstić information content (AvgIpc) is 2.06. The quantitative estimate of drug-likeness (QED) is 0.628. The molecule has 0 aliphatic carbocycles. The fraction of sp³-hybridized carbons (Fsp3) is 0.250. The second-order valence-corrected chi connectivity index (χ2v) is 2.00. The first-order valence-corrected chi connectivity index (χ1v) is 3.03. The van der Waals surface area contributed by atoms with E-state index < -0.39 is 6.50 Å². The van der Waals surface area contributed by atoms with Crippen molar-refractivity contribution in [2.24, 2.45) is 0 Å². The van der Waals surface area contributed by atoms with Crippen molar-refractivity contribution >= 4 is 0 Å². The summed E-state index contributed by atoms with van der Waals surface area (Å²) in [5.74, 6) is 0. The van der Waals surface area contributed by atoms with Crippen LogP contribution in [0, 0.1) is 0 Å². The van der Waals surface area contributed by atoms with Crippen LogP contribution >= 0.6 is 0 Å². The molecule has 2 nitrogen and oxygen atoms in total. The van der Waals surface area contributed by atoms with Gasteiger partial charge in [0, 0.05) is 13.5 Å². The number of hydrogen-bond donors (Lipinski definition) is 1. The molecule has 0 amide bonds. The van der Waals surface area contributed by atoms with Gasteiger partial charge in [-0.05, 0) is 5.56 Å². The van der Waals surface area contributed by atoms with Crippen molar-refractivity contribution in [2.45, 2.75) is 6.50 Å². The Balaban J connectivity index is 2.98. The van der Waals surface area contributed by atoms with Gasteiger partial charge >= 0.3 is 0 Å². The molecule has 0 fully saturated rings. The van der Waals surface area contributed by atoms with E-state index in [9.17, 15) is 0 Å². The summed E-state index contributed by atoms with van der Waals surface area (Å²) < 4.78 is 14.9. The first-order chi connectivity index (χ1) is 5.55. The van der Waals surface area contributed by atoms with Crippen LogP contribution < -0.4 is 0 Å². The highest BCUT2D eigenvalue weighted by Crippen LogP contribution is 1.99. The molecule has 10 heavy (non-hydrogen) atoms. The van der Waals surface area contributed by atoms with Gasteiger partial charge in [0.05, 0.1) is 2.74 Å². The highest BCUT2D eigenvalue weighted by atomic mass is 16.5. The van der Waals surface area contributed by atoms with Gasteiger partial charge in [0.15, 0.2) is 0 Å². The van der Waals surface area contributed by atoms with Gasteiger partial charge in [-0.15, -0.1) is 0 Å². The number of hydrogen-bond acceptors (Lipinski definition) is 2. The zero-order valence-corrected chi connectivity index (χ0v) is 5.78. The molecule has 0 bridgehead atoms. The summed E-state index contributed by atoms with van der Waals surface area (Å²) in [6.45, 7) is -1.82. The van der Waals surface area contributed by atoms with Crippen molar-refractivity contribution in [1.82, 2.24) is 5.06 Å². The van der Waals surface area contributed by atoms with Crippen LogP contribution in [0.4, 0.5) is 0 Å². The molecule has 0 radical (unpaired) electrons. The van der Waals surface area contributed by atoms with Crippen LogP contribution in [0.5, 0.6) is 0 Å². The summed E-state index contributed by atoms with van der Waals surface area (Å²) in [6.07, 6.45) is 0. The second kappa shape index (κ2) is 3.34. The van der Waals surface area contributed by atoms with Gasteiger partial charge in [-0.1, -0.05) is 30.3 Å². The van der Waals surface area contributed by atoms with Crippen LogP contribution in [0.15, 0.2) is 30.3 Å². The van der Waals surface area contributed by atoms with Crippen molar-refractivity contribution in [3.63, 3.8) is 0 Å². The molecule has 0 spiro atoms. The van der Waals surface area contributed by atoms with E-state index in [1.54, 1.807) is 30.3 Å². The fourth-order valence-corrected chi connectivity index (χ4v) is 0.700. The lowest BCUT2D eigenvalue weighted by molar-refractivity contribution is -0.0731. The Labute approximate surface area is 63.5 Å². The van der Waals surface area contributed by atoms with Gasteiger partial charge in [0.25, 0.3) is 0 Å². The predicted molar refractivity (Wildman–Crippen MR) is 39.7 cm³/mol. The first-order valence-electron chi connectivity index (χ1n) is 4.03. The van der Waals surface area contributed by atoms with E-state index >= 15 is 0 Å². The number of rotatable bonds is 2. The first kappa shape index (κ1) is 4.88. The third-order valence-electron chi connectivity index (χ3n) is 1.06. The number of benzene rings is 1. The Morgan fingerprint density at radius 2 is 2.10 bits per heavy atom. The van der Waals surface area contributed by atoms with E-state index in [0.717, 1.165) is 0 Å². The highest BCUT2D eigenvalue weighted by molar-refractivity contribution is 5.13. The zero-order chi connectivity index (χ0) is 9.19. The lowest BCUT2D eigenvalue weighted by Crippen LogP contribution is -2.11. The van der Waals surface area contributed by atoms with E-state index in [4.69, 9.17) is 7.95 Å². The lowest BCUT2D eigenvalue weighted by Gasteiger charge is -2.06. The van der Waals surface area contributed by atoms with Gasteiger partial charge in [0.2, 0.25) is 0 Å². The van der Waals surface area contributed by atoms with E-state index in [1.807, 2.05) is 0 Å². The molecule has 0 aromatic heterocycles. The fourth-order valence-electron chi connectivity index (χ4n) is 0.700. The SMILES string of the molecule is [2H]C([2H])(c1ccccc1)N(C)O. The summed E-state index contributed by atoms with van der Waals surface area (Å²) >= 11 is 0. The van der Waals surface area contributed by atoms with Crippen LogP contribution in [0.2, 0.25) is 0 Å². The molecular formula is C8H11NO. The van der Waals surface area contributed by atoms with Gasteiger partial charge in [-0.2, -0.15) is 5.06 Å². The normalized spacial score (nSPS) is 14.7. The minimum absolute atomic E-state index is 0.440. The molecule has 0 aliphatic rings. The van der Waals surface area contributed by atoms with Crippen molar-refractivity contribution in [2.75, 3.05) is 7.05 Å². The average molecular weight is 139 g/mol. The number of hydroxylamine groups is 2. The molecule has 0 saturated heterocycles. The topological polar surface area (TPSA) is 23.5 Å². The lowest BCUT2D eigenvalue weighted by atomic mass is 10.2. The summed E-state index contributed by atoms with van der Waals surface area (Å²) in [5, 5.41) is 9.55. The van der Waals surface area contributed by atoms with Crippen LogP contribution in [0.3, 0.4) is 0 Å². The molecule has 0 aliphatic heterocycles. The summed E-state index contributed by atoms with van der Waals surface area (Å²) in [4.78, 5) is 0. The van der Waals surface area contributed by atoms with Gasteiger partial charge in [-0.25, -0.2) is 0 Å². The standard InChI is InChI=1S/C8H11NO/c1-9(10)7-8-5-3-2-4-6-8/h2-6,10H,7H2,1H3/i7D2. The summed E-state index contributed by atoms with van der Waals surface area (Å²) in [5.41, 5.74) is 0.440. The molecular weight excluding hydrogens is 126 g/mol. The maximum Gasteiger partial charge on any atom is 0.0506 e. The van der Waals surface area contributed by atoms with Gasteiger partial charge in [-0.3, -0.25) is 0 Å². The van der Waals surface area contributed by atoms with E-state index in [0.29, 0.717) is 10.6 Å². The van der Waals surface area contributed by atoms with Crippen LogP contribution in [0.1, 0.15) is 8.30 Å². The summed E-state index contributed by atoms with van der Waals surface area (Å²) in [7, 11) is 1.28. The Morgan fingerprint density at radius 1 is 1.50 bits per heavy atom. The third kappa shape index (κ3) is 2.17. The minimum Gasteiger partial charge on any atom is -0.314 e. The second-order valence-electron chi connectivity index (χ2n) is 2.00. The van der Waals surface area contributed by atoms with Crippen molar-refractivity contribution in [1.29, 1.82) is 0 Å². The van der Waals surface area contributed by atoms with Crippen molar-refractivity contribution in [3.8, 4) is 0 Å². The Hall–Kier alpha value is -0.860. The van der Waals surface area contributed by atoms with Crippen LogP contribution in [-0.2, 0) is 6.50 Å². The monoisotopic (exact) mass is 139 g/mol. The molecule has 0 unspecified atom stereocenters. The molecule has 1 N–H and O–H groups in total. The molecule has 1 rings (SSSR count). The molecule has 2 heteroatoms. The van der Waals surface area contributed by atoms with Gasteiger partial charge in [0.1, 0.15) is 0 Å². The third-order valence-corrected chi connectivity index (χ3v) is 1.06. The highest BCUT2D eigenvalue weighted by Gasteiger charge is 1.92. The maximum absolute atomic E-state index is 8.99. The minimum atomic E-state index is -1.82. The van der Waals surface area contributed by atoms with E-state index in [-0.39, 0.29) is 0 Å². The molecule has 0 saturated carbocycles. The largest absolute Gasteiger partial charge is 0.314 e. The van der Waals surface area contributed by atoms with Crippen LogP contribution in [-0.4, -0.2) is 17.3 Å².